The van der Waals surface area contributed by atoms with Gasteiger partial charge in [-0.2, -0.15) is 0 Å². The minimum atomic E-state index is -0.203. The number of anilines is 2. The molecular weight excluding hydrogens is 332 g/mol. The Balaban J connectivity index is 2.06. The molecule has 0 radical (unpaired) electrons. The molecule has 2 aromatic rings. The lowest BCUT2D eigenvalue weighted by Crippen LogP contribution is -2.13. The summed E-state index contributed by atoms with van der Waals surface area (Å²) in [5.74, 6) is 0.558. The van der Waals surface area contributed by atoms with E-state index in [1.54, 1.807) is 36.4 Å². The maximum absolute atomic E-state index is 12.2. The first-order chi connectivity index (χ1) is 10.1. The van der Waals surface area contributed by atoms with Gasteiger partial charge in [0.1, 0.15) is 5.75 Å². The van der Waals surface area contributed by atoms with Crippen LogP contribution in [0.4, 0.5) is 11.4 Å². The van der Waals surface area contributed by atoms with E-state index in [4.69, 9.17) is 10.5 Å². The van der Waals surface area contributed by atoms with Crippen molar-refractivity contribution >= 4 is 33.2 Å². The molecule has 0 saturated carbocycles. The van der Waals surface area contributed by atoms with Crippen LogP contribution >= 0.6 is 15.9 Å². The summed E-state index contributed by atoms with van der Waals surface area (Å²) in [6, 6.07) is 12.4. The van der Waals surface area contributed by atoms with Crippen molar-refractivity contribution in [2.45, 2.75) is 13.3 Å². The Bertz CT molecular complexity index is 627. The largest absolute Gasteiger partial charge is 0.494 e. The van der Waals surface area contributed by atoms with Crippen LogP contribution < -0.4 is 15.8 Å². The van der Waals surface area contributed by atoms with Gasteiger partial charge in [-0.3, -0.25) is 4.79 Å². The van der Waals surface area contributed by atoms with Crippen LogP contribution in [-0.2, 0) is 0 Å². The van der Waals surface area contributed by atoms with Gasteiger partial charge in [0.15, 0.2) is 0 Å². The van der Waals surface area contributed by atoms with Crippen LogP contribution in [0.3, 0.4) is 0 Å². The lowest BCUT2D eigenvalue weighted by molar-refractivity contribution is 0.102. The fourth-order valence-corrected chi connectivity index (χ4v) is 2.14. The van der Waals surface area contributed by atoms with Crippen molar-refractivity contribution in [3.63, 3.8) is 0 Å². The number of rotatable bonds is 5. The van der Waals surface area contributed by atoms with Crippen LogP contribution in [0.15, 0.2) is 46.9 Å². The molecule has 21 heavy (non-hydrogen) atoms. The van der Waals surface area contributed by atoms with Crippen LogP contribution in [0.25, 0.3) is 0 Å². The third kappa shape index (κ3) is 4.23. The second-order valence-electron chi connectivity index (χ2n) is 4.56. The van der Waals surface area contributed by atoms with Gasteiger partial charge in [0.05, 0.1) is 18.0 Å². The molecule has 2 rings (SSSR count). The Labute approximate surface area is 132 Å². The number of carbonyl (C=O) groups is 1. The second kappa shape index (κ2) is 7.13. The Morgan fingerprint density at radius 2 is 1.95 bits per heavy atom. The van der Waals surface area contributed by atoms with E-state index < -0.39 is 0 Å². The van der Waals surface area contributed by atoms with Crippen molar-refractivity contribution in [3.05, 3.63) is 52.5 Å². The van der Waals surface area contributed by atoms with Gasteiger partial charge in [-0.15, -0.1) is 0 Å². The summed E-state index contributed by atoms with van der Waals surface area (Å²) < 4.78 is 6.35. The molecule has 0 aliphatic heterocycles. The highest BCUT2D eigenvalue weighted by Crippen LogP contribution is 2.23. The molecule has 0 bridgehead atoms. The summed E-state index contributed by atoms with van der Waals surface area (Å²) >= 11 is 3.33. The van der Waals surface area contributed by atoms with Crippen LogP contribution in [0.5, 0.6) is 5.75 Å². The van der Waals surface area contributed by atoms with Gasteiger partial charge in [0.25, 0.3) is 5.91 Å². The molecule has 0 fully saturated rings. The molecule has 1 amide bonds. The highest BCUT2D eigenvalue weighted by Gasteiger charge is 2.08. The number of nitrogen functional groups attached to an aromatic ring is 1. The van der Waals surface area contributed by atoms with Gasteiger partial charge in [0, 0.05) is 10.0 Å². The second-order valence-corrected chi connectivity index (χ2v) is 5.47. The molecule has 0 aliphatic carbocycles. The van der Waals surface area contributed by atoms with Crippen molar-refractivity contribution in [1.82, 2.24) is 0 Å². The highest BCUT2D eigenvalue weighted by molar-refractivity contribution is 9.10. The topological polar surface area (TPSA) is 64.3 Å². The van der Waals surface area contributed by atoms with Crippen LogP contribution in [0.2, 0.25) is 0 Å². The number of amides is 1. The first-order valence-electron chi connectivity index (χ1n) is 6.69. The molecule has 110 valence electrons. The van der Waals surface area contributed by atoms with Crippen molar-refractivity contribution in [1.29, 1.82) is 0 Å². The lowest BCUT2D eigenvalue weighted by Gasteiger charge is -2.09. The number of hydrogen-bond acceptors (Lipinski definition) is 3. The average molecular weight is 349 g/mol. The molecule has 0 heterocycles. The molecule has 0 saturated heterocycles. The first kappa shape index (κ1) is 15.4. The summed E-state index contributed by atoms with van der Waals surface area (Å²) in [6.07, 6.45) is 0.949. The van der Waals surface area contributed by atoms with E-state index in [9.17, 15) is 4.79 Å². The van der Waals surface area contributed by atoms with Gasteiger partial charge < -0.3 is 15.8 Å². The zero-order valence-corrected chi connectivity index (χ0v) is 13.3. The molecule has 0 spiro atoms. The number of nitrogens with one attached hydrogen (secondary N) is 1. The highest BCUT2D eigenvalue weighted by atomic mass is 79.9. The van der Waals surface area contributed by atoms with E-state index in [1.807, 2.05) is 13.0 Å². The fourth-order valence-electron chi connectivity index (χ4n) is 1.76. The standard InChI is InChI=1S/C16H17BrN2O2/c1-2-9-21-13-6-3-11(4-7-13)16(20)19-15-8-5-12(17)10-14(15)18/h3-8,10H,2,9,18H2,1H3,(H,19,20). The number of halogens is 1. The molecule has 0 unspecified atom stereocenters. The van der Waals surface area contributed by atoms with Gasteiger partial charge in [-0.1, -0.05) is 22.9 Å². The van der Waals surface area contributed by atoms with E-state index in [0.717, 1.165) is 16.6 Å². The van der Waals surface area contributed by atoms with E-state index >= 15 is 0 Å². The Morgan fingerprint density at radius 3 is 2.57 bits per heavy atom. The molecule has 0 aromatic heterocycles. The average Bonchev–Trinajstić information content (AvgIpc) is 2.48. The summed E-state index contributed by atoms with van der Waals surface area (Å²) in [5.41, 5.74) is 7.53. The number of carbonyl (C=O) groups excluding carboxylic acids is 1. The summed E-state index contributed by atoms with van der Waals surface area (Å²) in [5, 5.41) is 2.79. The maximum atomic E-state index is 12.2. The minimum absolute atomic E-state index is 0.203. The quantitative estimate of drug-likeness (QED) is 0.800. The Kier molecular flexibility index (Phi) is 5.22. The molecule has 3 N–H and O–H groups in total. The molecule has 0 atom stereocenters. The Hall–Kier alpha value is -2.01. The third-order valence-electron chi connectivity index (χ3n) is 2.85. The van der Waals surface area contributed by atoms with Gasteiger partial charge in [-0.05, 0) is 48.9 Å². The number of hydrogen-bond donors (Lipinski definition) is 2. The SMILES string of the molecule is CCCOc1ccc(C(=O)Nc2ccc(Br)cc2N)cc1. The van der Waals surface area contributed by atoms with Crippen LogP contribution in [-0.4, -0.2) is 12.5 Å². The smallest absolute Gasteiger partial charge is 0.255 e. The zero-order valence-electron chi connectivity index (χ0n) is 11.7. The lowest BCUT2D eigenvalue weighted by atomic mass is 10.2. The zero-order chi connectivity index (χ0) is 15.2. The molecule has 4 nitrogen and oxygen atoms in total. The van der Waals surface area contributed by atoms with Crippen molar-refractivity contribution < 1.29 is 9.53 Å². The van der Waals surface area contributed by atoms with E-state index in [2.05, 4.69) is 21.2 Å². The van der Waals surface area contributed by atoms with Crippen molar-refractivity contribution in [2.24, 2.45) is 0 Å². The third-order valence-corrected chi connectivity index (χ3v) is 3.34. The monoisotopic (exact) mass is 348 g/mol. The molecular formula is C16H17BrN2O2. The van der Waals surface area contributed by atoms with Crippen LogP contribution in [0.1, 0.15) is 23.7 Å². The number of nitrogens with two attached hydrogens (primary N) is 1. The number of benzene rings is 2. The predicted octanol–water partition coefficient (Wildman–Crippen LogP) is 4.07. The number of ether oxygens (including phenoxy) is 1. The normalized spacial score (nSPS) is 10.2. The fraction of sp³-hybridized carbons (Fsp3) is 0.188. The van der Waals surface area contributed by atoms with Crippen molar-refractivity contribution in [2.75, 3.05) is 17.7 Å². The molecule has 0 aliphatic rings. The Morgan fingerprint density at radius 1 is 1.24 bits per heavy atom. The molecule has 2 aromatic carbocycles. The van der Waals surface area contributed by atoms with Gasteiger partial charge >= 0.3 is 0 Å². The first-order valence-corrected chi connectivity index (χ1v) is 7.48. The van der Waals surface area contributed by atoms with E-state index in [-0.39, 0.29) is 5.91 Å². The van der Waals surface area contributed by atoms with E-state index in [0.29, 0.717) is 23.5 Å². The van der Waals surface area contributed by atoms with Crippen molar-refractivity contribution in [3.8, 4) is 5.75 Å². The maximum Gasteiger partial charge on any atom is 0.255 e. The summed E-state index contributed by atoms with van der Waals surface area (Å²) in [4.78, 5) is 12.2. The van der Waals surface area contributed by atoms with Crippen LogP contribution in [0, 0.1) is 0 Å². The molecule has 5 heteroatoms. The van der Waals surface area contributed by atoms with E-state index in [1.165, 1.54) is 0 Å². The van der Waals surface area contributed by atoms with Gasteiger partial charge in [0.2, 0.25) is 0 Å². The summed E-state index contributed by atoms with van der Waals surface area (Å²) in [6.45, 7) is 2.71. The predicted molar refractivity (Wildman–Crippen MR) is 88.7 cm³/mol. The van der Waals surface area contributed by atoms with Gasteiger partial charge in [-0.25, -0.2) is 0 Å². The summed E-state index contributed by atoms with van der Waals surface area (Å²) in [7, 11) is 0. The minimum Gasteiger partial charge on any atom is -0.494 e.